The zero-order chi connectivity index (χ0) is 19.0. The van der Waals surface area contributed by atoms with Gasteiger partial charge in [0.15, 0.2) is 5.96 Å². The van der Waals surface area contributed by atoms with Gasteiger partial charge in [-0.1, -0.05) is 28.1 Å². The lowest BCUT2D eigenvalue weighted by atomic mass is 9.74. The summed E-state index contributed by atoms with van der Waals surface area (Å²) in [6.07, 6.45) is 5.74. The average Bonchev–Trinajstić information content (AvgIpc) is 3.52. The van der Waals surface area contributed by atoms with Crippen molar-refractivity contribution >= 4 is 21.9 Å². The Balaban J connectivity index is 1.46. The fraction of sp³-hybridized carbons (Fsp3) is 0.667. The molecular formula is C21H32BrN3O2. The molecule has 0 amide bonds. The van der Waals surface area contributed by atoms with Crippen LogP contribution in [0.3, 0.4) is 0 Å². The fourth-order valence-electron chi connectivity index (χ4n) is 3.52. The molecule has 1 aliphatic heterocycles. The summed E-state index contributed by atoms with van der Waals surface area (Å²) >= 11 is 3.54. The molecule has 150 valence electrons. The third kappa shape index (κ3) is 6.47. The Morgan fingerprint density at radius 3 is 2.63 bits per heavy atom. The zero-order valence-corrected chi connectivity index (χ0v) is 17.9. The standard InChI is InChI=1S/C21H32BrN3O2/c1-23-20(24-11-2-12-27-15-17-3-4-17)25-16-21(9-13-26-14-10-21)18-5-7-19(22)8-6-18/h5-8,17H,2-4,9-16H2,1H3,(H2,23,24,25). The number of rotatable bonds is 9. The van der Waals surface area contributed by atoms with E-state index in [-0.39, 0.29) is 5.41 Å². The molecule has 1 aromatic rings. The van der Waals surface area contributed by atoms with E-state index in [0.717, 1.165) is 75.1 Å². The summed E-state index contributed by atoms with van der Waals surface area (Å²) in [7, 11) is 1.83. The van der Waals surface area contributed by atoms with Crippen LogP contribution in [0.15, 0.2) is 33.7 Å². The van der Waals surface area contributed by atoms with E-state index < -0.39 is 0 Å². The number of hydrogen-bond donors (Lipinski definition) is 2. The maximum absolute atomic E-state index is 5.69. The van der Waals surface area contributed by atoms with Crippen molar-refractivity contribution in [2.75, 3.05) is 46.6 Å². The molecule has 0 atom stereocenters. The van der Waals surface area contributed by atoms with Crippen LogP contribution in [0.1, 0.15) is 37.7 Å². The topological polar surface area (TPSA) is 54.9 Å². The zero-order valence-electron chi connectivity index (χ0n) is 16.3. The van der Waals surface area contributed by atoms with Crippen LogP contribution in [-0.2, 0) is 14.9 Å². The van der Waals surface area contributed by atoms with Gasteiger partial charge >= 0.3 is 0 Å². The normalized spacial score (nSPS) is 19.7. The number of aliphatic imine (C=N–C) groups is 1. The first-order chi connectivity index (χ1) is 13.2. The van der Waals surface area contributed by atoms with E-state index in [1.54, 1.807) is 0 Å². The summed E-state index contributed by atoms with van der Waals surface area (Å²) in [5.74, 6) is 1.70. The summed E-state index contributed by atoms with van der Waals surface area (Å²) in [5.41, 5.74) is 1.45. The smallest absolute Gasteiger partial charge is 0.191 e. The van der Waals surface area contributed by atoms with Gasteiger partial charge in [0, 0.05) is 56.5 Å². The minimum Gasteiger partial charge on any atom is -0.381 e. The SMILES string of the molecule is CN=C(NCCCOCC1CC1)NCC1(c2ccc(Br)cc2)CCOCC1. The van der Waals surface area contributed by atoms with E-state index in [4.69, 9.17) is 9.47 Å². The Labute approximate surface area is 171 Å². The van der Waals surface area contributed by atoms with Crippen LogP contribution in [0.5, 0.6) is 0 Å². The molecule has 0 unspecified atom stereocenters. The third-order valence-corrected chi connectivity index (χ3v) is 6.06. The van der Waals surface area contributed by atoms with E-state index in [1.807, 2.05) is 7.05 Å². The molecule has 5 nitrogen and oxygen atoms in total. The largest absolute Gasteiger partial charge is 0.381 e. The van der Waals surface area contributed by atoms with Crippen LogP contribution < -0.4 is 10.6 Å². The van der Waals surface area contributed by atoms with Gasteiger partial charge in [0.2, 0.25) is 0 Å². The summed E-state index contributed by atoms with van der Waals surface area (Å²) in [6.45, 7) is 5.10. The number of hydrogen-bond acceptors (Lipinski definition) is 3. The van der Waals surface area contributed by atoms with Crippen molar-refractivity contribution in [1.82, 2.24) is 10.6 Å². The van der Waals surface area contributed by atoms with Gasteiger partial charge in [-0.3, -0.25) is 4.99 Å². The molecule has 1 heterocycles. The number of guanidine groups is 1. The van der Waals surface area contributed by atoms with Crippen molar-refractivity contribution in [2.45, 2.75) is 37.5 Å². The molecule has 1 aromatic carbocycles. The number of nitrogens with one attached hydrogen (secondary N) is 2. The molecule has 0 aromatic heterocycles. The minimum absolute atomic E-state index is 0.0872. The molecule has 6 heteroatoms. The molecule has 0 spiro atoms. The van der Waals surface area contributed by atoms with Crippen molar-refractivity contribution in [3.05, 3.63) is 34.3 Å². The third-order valence-electron chi connectivity index (χ3n) is 5.53. The quantitative estimate of drug-likeness (QED) is 0.352. The van der Waals surface area contributed by atoms with E-state index >= 15 is 0 Å². The Morgan fingerprint density at radius 1 is 1.22 bits per heavy atom. The van der Waals surface area contributed by atoms with Crippen molar-refractivity contribution < 1.29 is 9.47 Å². The lowest BCUT2D eigenvalue weighted by Gasteiger charge is -2.38. The predicted octanol–water partition coefficient (Wildman–Crippen LogP) is 3.48. The van der Waals surface area contributed by atoms with Gasteiger partial charge in [-0.2, -0.15) is 0 Å². The van der Waals surface area contributed by atoms with Gasteiger partial charge in [0.1, 0.15) is 0 Å². The van der Waals surface area contributed by atoms with Gasteiger partial charge in [0.25, 0.3) is 0 Å². The summed E-state index contributed by atoms with van der Waals surface area (Å²) in [4.78, 5) is 4.38. The van der Waals surface area contributed by atoms with Crippen LogP contribution in [0.25, 0.3) is 0 Å². The highest BCUT2D eigenvalue weighted by Crippen LogP contribution is 2.35. The molecule has 2 aliphatic rings. The number of benzene rings is 1. The highest BCUT2D eigenvalue weighted by molar-refractivity contribution is 9.10. The summed E-state index contributed by atoms with van der Waals surface area (Å²) in [5, 5.41) is 6.95. The van der Waals surface area contributed by atoms with Crippen LogP contribution in [0.4, 0.5) is 0 Å². The van der Waals surface area contributed by atoms with E-state index in [2.05, 4.69) is 55.8 Å². The molecule has 2 fully saturated rings. The Bertz CT molecular complexity index is 596. The van der Waals surface area contributed by atoms with Crippen LogP contribution in [0.2, 0.25) is 0 Å². The molecule has 1 aliphatic carbocycles. The summed E-state index contributed by atoms with van der Waals surface area (Å²) in [6, 6.07) is 8.71. The highest BCUT2D eigenvalue weighted by atomic mass is 79.9. The van der Waals surface area contributed by atoms with Gasteiger partial charge in [-0.05, 0) is 55.7 Å². The Morgan fingerprint density at radius 2 is 1.96 bits per heavy atom. The molecule has 2 N–H and O–H groups in total. The van der Waals surface area contributed by atoms with Crippen molar-refractivity contribution in [1.29, 1.82) is 0 Å². The highest BCUT2D eigenvalue weighted by Gasteiger charge is 2.34. The van der Waals surface area contributed by atoms with Gasteiger partial charge in [0.05, 0.1) is 0 Å². The van der Waals surface area contributed by atoms with Crippen molar-refractivity contribution in [2.24, 2.45) is 10.9 Å². The summed E-state index contributed by atoms with van der Waals surface area (Å²) < 4.78 is 12.4. The first kappa shape index (κ1) is 20.6. The lowest BCUT2D eigenvalue weighted by Crippen LogP contribution is -2.48. The predicted molar refractivity (Wildman–Crippen MR) is 113 cm³/mol. The second-order valence-corrected chi connectivity index (χ2v) is 8.54. The lowest BCUT2D eigenvalue weighted by molar-refractivity contribution is 0.0513. The minimum atomic E-state index is 0.0872. The van der Waals surface area contributed by atoms with Crippen LogP contribution >= 0.6 is 15.9 Å². The second kappa shape index (κ2) is 10.4. The molecule has 1 saturated carbocycles. The van der Waals surface area contributed by atoms with Gasteiger partial charge < -0.3 is 20.1 Å². The maximum Gasteiger partial charge on any atom is 0.191 e. The van der Waals surface area contributed by atoms with Crippen LogP contribution in [-0.4, -0.2) is 52.5 Å². The fourth-order valence-corrected chi connectivity index (χ4v) is 3.79. The molecule has 0 radical (unpaired) electrons. The number of halogens is 1. The van der Waals surface area contributed by atoms with Gasteiger partial charge in [-0.15, -0.1) is 0 Å². The average molecular weight is 438 g/mol. The maximum atomic E-state index is 5.69. The van der Waals surface area contributed by atoms with E-state index in [1.165, 1.54) is 18.4 Å². The molecule has 3 rings (SSSR count). The first-order valence-electron chi connectivity index (χ1n) is 10.1. The molecule has 1 saturated heterocycles. The monoisotopic (exact) mass is 437 g/mol. The van der Waals surface area contributed by atoms with E-state index in [9.17, 15) is 0 Å². The van der Waals surface area contributed by atoms with E-state index in [0.29, 0.717) is 0 Å². The van der Waals surface area contributed by atoms with Crippen molar-refractivity contribution in [3.8, 4) is 0 Å². The number of nitrogens with zero attached hydrogens (tertiary/aromatic N) is 1. The number of ether oxygens (including phenoxy) is 2. The molecule has 27 heavy (non-hydrogen) atoms. The second-order valence-electron chi connectivity index (χ2n) is 7.62. The van der Waals surface area contributed by atoms with Crippen LogP contribution in [0, 0.1) is 5.92 Å². The van der Waals surface area contributed by atoms with Crippen molar-refractivity contribution in [3.63, 3.8) is 0 Å². The molecule has 0 bridgehead atoms. The first-order valence-corrected chi connectivity index (χ1v) is 10.9. The molecular weight excluding hydrogens is 406 g/mol. The Hall–Kier alpha value is -1.11. The Kier molecular flexibility index (Phi) is 7.97. The van der Waals surface area contributed by atoms with Gasteiger partial charge in [-0.25, -0.2) is 0 Å².